The van der Waals surface area contributed by atoms with E-state index in [9.17, 15) is 5.11 Å². The van der Waals surface area contributed by atoms with Crippen molar-refractivity contribution in [2.75, 3.05) is 18.0 Å². The SMILES string of the molecule is CC(O)C1CCN(c2ccc(CO)c(Cl)c2)C1. The maximum Gasteiger partial charge on any atom is 0.0696 e. The number of rotatable bonds is 3. The number of hydrogen-bond acceptors (Lipinski definition) is 3. The van der Waals surface area contributed by atoms with Gasteiger partial charge in [-0.25, -0.2) is 0 Å². The van der Waals surface area contributed by atoms with Crippen LogP contribution in [0.4, 0.5) is 5.69 Å². The van der Waals surface area contributed by atoms with Crippen molar-refractivity contribution in [3.63, 3.8) is 0 Å². The molecule has 0 saturated carbocycles. The third-order valence-electron chi connectivity index (χ3n) is 3.48. The smallest absolute Gasteiger partial charge is 0.0696 e. The molecule has 0 aliphatic carbocycles. The Balaban J connectivity index is 2.11. The topological polar surface area (TPSA) is 43.7 Å². The Labute approximate surface area is 107 Å². The molecule has 2 N–H and O–H groups in total. The van der Waals surface area contributed by atoms with Gasteiger partial charge in [-0.15, -0.1) is 0 Å². The normalized spacial score (nSPS) is 21.9. The number of aliphatic hydroxyl groups is 2. The molecule has 0 radical (unpaired) electrons. The predicted octanol–water partition coefficient (Wildman–Crippen LogP) is 2.04. The minimum absolute atomic E-state index is 0.0323. The van der Waals surface area contributed by atoms with Crippen molar-refractivity contribution in [1.82, 2.24) is 0 Å². The van der Waals surface area contributed by atoms with Gasteiger partial charge in [0.25, 0.3) is 0 Å². The van der Waals surface area contributed by atoms with Crippen LogP contribution in [0.25, 0.3) is 0 Å². The van der Waals surface area contributed by atoms with Crippen LogP contribution in [0.3, 0.4) is 0 Å². The molecule has 2 unspecified atom stereocenters. The maximum atomic E-state index is 9.57. The Hall–Kier alpha value is -0.770. The van der Waals surface area contributed by atoms with Gasteiger partial charge in [-0.2, -0.15) is 0 Å². The highest BCUT2D eigenvalue weighted by Crippen LogP contribution is 2.29. The Morgan fingerprint density at radius 3 is 2.82 bits per heavy atom. The first kappa shape index (κ1) is 12.7. The van der Waals surface area contributed by atoms with E-state index in [-0.39, 0.29) is 12.7 Å². The van der Waals surface area contributed by atoms with Crippen molar-refractivity contribution in [1.29, 1.82) is 0 Å². The number of halogens is 1. The van der Waals surface area contributed by atoms with Gasteiger partial charge in [-0.05, 0) is 31.0 Å². The van der Waals surface area contributed by atoms with Crippen LogP contribution in [0.15, 0.2) is 18.2 Å². The maximum absolute atomic E-state index is 9.57. The molecule has 1 aliphatic heterocycles. The van der Waals surface area contributed by atoms with Gasteiger partial charge in [0.05, 0.1) is 12.7 Å². The van der Waals surface area contributed by atoms with Crippen molar-refractivity contribution < 1.29 is 10.2 Å². The van der Waals surface area contributed by atoms with E-state index in [1.54, 1.807) is 0 Å². The van der Waals surface area contributed by atoms with Crippen LogP contribution in [0.1, 0.15) is 18.9 Å². The van der Waals surface area contributed by atoms with Gasteiger partial charge in [0, 0.05) is 29.7 Å². The van der Waals surface area contributed by atoms with E-state index in [2.05, 4.69) is 4.90 Å². The molecule has 2 rings (SSSR count). The predicted molar refractivity (Wildman–Crippen MR) is 69.4 cm³/mol. The third-order valence-corrected chi connectivity index (χ3v) is 3.83. The molecule has 94 valence electrons. The fourth-order valence-electron chi connectivity index (χ4n) is 2.28. The molecule has 0 bridgehead atoms. The van der Waals surface area contributed by atoms with E-state index in [0.29, 0.717) is 10.9 Å². The van der Waals surface area contributed by atoms with Crippen molar-refractivity contribution in [2.24, 2.45) is 5.92 Å². The zero-order valence-corrected chi connectivity index (χ0v) is 10.7. The molecule has 2 atom stereocenters. The first-order valence-electron chi connectivity index (χ1n) is 5.94. The van der Waals surface area contributed by atoms with E-state index >= 15 is 0 Å². The summed E-state index contributed by atoms with van der Waals surface area (Å²) >= 11 is 6.07. The fourth-order valence-corrected chi connectivity index (χ4v) is 2.51. The zero-order chi connectivity index (χ0) is 12.4. The van der Waals surface area contributed by atoms with Gasteiger partial charge in [0.2, 0.25) is 0 Å². The molecule has 0 aromatic heterocycles. The van der Waals surface area contributed by atoms with Crippen LogP contribution in [-0.2, 0) is 6.61 Å². The standard InChI is InChI=1S/C13H18ClNO2/c1-9(17)10-4-5-15(7-10)12-3-2-11(8-16)13(14)6-12/h2-3,6,9-10,16-17H,4-5,7-8H2,1H3. The summed E-state index contributed by atoms with van der Waals surface area (Å²) in [5.41, 5.74) is 1.82. The molecule has 1 heterocycles. The largest absolute Gasteiger partial charge is 0.393 e. The van der Waals surface area contributed by atoms with E-state index in [1.807, 2.05) is 25.1 Å². The van der Waals surface area contributed by atoms with Gasteiger partial charge in [-0.1, -0.05) is 17.7 Å². The highest BCUT2D eigenvalue weighted by molar-refractivity contribution is 6.31. The first-order chi connectivity index (χ1) is 8.11. The lowest BCUT2D eigenvalue weighted by Crippen LogP contribution is -2.23. The summed E-state index contributed by atoms with van der Waals surface area (Å²) < 4.78 is 0. The lowest BCUT2D eigenvalue weighted by atomic mass is 10.0. The monoisotopic (exact) mass is 255 g/mol. The molecule has 1 saturated heterocycles. The van der Waals surface area contributed by atoms with E-state index in [4.69, 9.17) is 16.7 Å². The second-order valence-corrected chi connectivity index (χ2v) is 5.08. The van der Waals surface area contributed by atoms with Gasteiger partial charge in [0.15, 0.2) is 0 Å². The molecule has 0 amide bonds. The molecular weight excluding hydrogens is 238 g/mol. The van der Waals surface area contributed by atoms with Gasteiger partial charge in [-0.3, -0.25) is 0 Å². The van der Waals surface area contributed by atoms with Crippen molar-refractivity contribution in [3.8, 4) is 0 Å². The van der Waals surface area contributed by atoms with Gasteiger partial charge < -0.3 is 15.1 Å². The molecule has 0 spiro atoms. The number of nitrogens with zero attached hydrogens (tertiary/aromatic N) is 1. The molecule has 17 heavy (non-hydrogen) atoms. The molecule has 3 nitrogen and oxygen atoms in total. The molecule has 1 fully saturated rings. The third kappa shape index (κ3) is 2.73. The highest BCUT2D eigenvalue weighted by Gasteiger charge is 2.26. The zero-order valence-electron chi connectivity index (χ0n) is 9.93. The van der Waals surface area contributed by atoms with E-state index in [1.165, 1.54) is 0 Å². The molecular formula is C13H18ClNO2. The highest BCUT2D eigenvalue weighted by atomic mass is 35.5. The lowest BCUT2D eigenvalue weighted by molar-refractivity contribution is 0.136. The molecule has 1 aromatic rings. The van der Waals surface area contributed by atoms with Crippen LogP contribution in [-0.4, -0.2) is 29.4 Å². The Morgan fingerprint density at radius 2 is 2.29 bits per heavy atom. The van der Waals surface area contributed by atoms with Gasteiger partial charge in [0.1, 0.15) is 0 Å². The second-order valence-electron chi connectivity index (χ2n) is 4.67. The van der Waals surface area contributed by atoms with E-state index < -0.39 is 0 Å². The summed E-state index contributed by atoms with van der Waals surface area (Å²) in [7, 11) is 0. The fraction of sp³-hybridized carbons (Fsp3) is 0.538. The van der Waals surface area contributed by atoms with Crippen LogP contribution in [0.5, 0.6) is 0 Å². The van der Waals surface area contributed by atoms with Crippen molar-refractivity contribution in [3.05, 3.63) is 28.8 Å². The minimum Gasteiger partial charge on any atom is -0.393 e. The summed E-state index contributed by atoms with van der Waals surface area (Å²) in [5, 5.41) is 19.2. The summed E-state index contributed by atoms with van der Waals surface area (Å²) in [5.74, 6) is 0.339. The minimum atomic E-state index is -0.257. The summed E-state index contributed by atoms with van der Waals surface area (Å²) in [4.78, 5) is 2.23. The lowest BCUT2D eigenvalue weighted by Gasteiger charge is -2.20. The van der Waals surface area contributed by atoms with E-state index in [0.717, 1.165) is 30.8 Å². The second kappa shape index (κ2) is 5.25. The van der Waals surface area contributed by atoms with Crippen LogP contribution >= 0.6 is 11.6 Å². The Morgan fingerprint density at radius 1 is 1.53 bits per heavy atom. The van der Waals surface area contributed by atoms with Crippen LogP contribution in [0, 0.1) is 5.92 Å². The number of hydrogen-bond donors (Lipinski definition) is 2. The summed E-state index contributed by atoms with van der Waals surface area (Å²) in [6.07, 6.45) is 0.754. The first-order valence-corrected chi connectivity index (χ1v) is 6.32. The van der Waals surface area contributed by atoms with Crippen LogP contribution in [0.2, 0.25) is 5.02 Å². The average Bonchev–Trinajstić information content (AvgIpc) is 2.78. The molecule has 1 aliphatic rings. The number of aliphatic hydroxyl groups excluding tert-OH is 2. The Kier molecular flexibility index (Phi) is 3.92. The van der Waals surface area contributed by atoms with Crippen molar-refractivity contribution >= 4 is 17.3 Å². The van der Waals surface area contributed by atoms with Gasteiger partial charge >= 0.3 is 0 Å². The van der Waals surface area contributed by atoms with Crippen LogP contribution < -0.4 is 4.90 Å². The molecule has 1 aromatic carbocycles. The summed E-state index contributed by atoms with van der Waals surface area (Å²) in [6, 6.07) is 5.72. The quantitative estimate of drug-likeness (QED) is 0.869. The Bertz CT molecular complexity index is 395. The summed E-state index contributed by atoms with van der Waals surface area (Å²) in [6.45, 7) is 3.63. The number of benzene rings is 1. The molecule has 4 heteroatoms. The number of anilines is 1. The average molecular weight is 256 g/mol. The van der Waals surface area contributed by atoms with Crippen molar-refractivity contribution in [2.45, 2.75) is 26.1 Å².